The van der Waals surface area contributed by atoms with Crippen molar-refractivity contribution in [2.45, 2.75) is 142 Å². The number of aliphatic hydroxyl groups is 2. The quantitative estimate of drug-likeness (QED) is 0.0514. The van der Waals surface area contributed by atoms with Gasteiger partial charge in [0.15, 0.2) is 6.10 Å². The number of hydrogen-bond donors (Lipinski definition) is 2. The van der Waals surface area contributed by atoms with Gasteiger partial charge >= 0.3 is 11.9 Å². The molecular weight excluding hydrogens is 528 g/mol. The van der Waals surface area contributed by atoms with E-state index in [9.17, 15) is 14.7 Å². The Morgan fingerprint density at radius 2 is 1.10 bits per heavy atom. The molecule has 6 heteroatoms. The molecule has 0 aromatic rings. The average Bonchev–Trinajstić information content (AvgIpc) is 2.97. The summed E-state index contributed by atoms with van der Waals surface area (Å²) in [5.41, 5.74) is 0. The Morgan fingerprint density at radius 1 is 0.595 bits per heavy atom. The van der Waals surface area contributed by atoms with Gasteiger partial charge in [0, 0.05) is 19.4 Å². The van der Waals surface area contributed by atoms with Crippen LogP contribution in [0.25, 0.3) is 0 Å². The van der Waals surface area contributed by atoms with Gasteiger partial charge in [-0.2, -0.15) is 0 Å². The van der Waals surface area contributed by atoms with Crippen molar-refractivity contribution in [3.63, 3.8) is 0 Å². The molecule has 242 valence electrons. The summed E-state index contributed by atoms with van der Waals surface area (Å²) in [7, 11) is 0. The second kappa shape index (κ2) is 31.7. The minimum atomic E-state index is -0.805. The minimum Gasteiger partial charge on any atom is -0.462 e. The number of ether oxygens (including phenoxy) is 2. The Kier molecular flexibility index (Phi) is 30.1. The molecule has 0 radical (unpaired) electrons. The van der Waals surface area contributed by atoms with E-state index in [1.807, 2.05) is 0 Å². The van der Waals surface area contributed by atoms with Crippen LogP contribution in [0.3, 0.4) is 0 Å². The minimum absolute atomic E-state index is 0.0961. The molecule has 0 unspecified atom stereocenters. The molecule has 0 aliphatic carbocycles. The summed E-state index contributed by atoms with van der Waals surface area (Å²) in [6.45, 7) is 4.36. The highest BCUT2D eigenvalue weighted by atomic mass is 16.6. The molecule has 0 rings (SSSR count). The van der Waals surface area contributed by atoms with Crippen LogP contribution in [-0.4, -0.2) is 48.1 Å². The zero-order valence-electron chi connectivity index (χ0n) is 26.9. The molecule has 2 N–H and O–H groups in total. The third-order valence-electron chi connectivity index (χ3n) is 6.86. The molecule has 0 saturated heterocycles. The summed E-state index contributed by atoms with van der Waals surface area (Å²) >= 11 is 0. The fourth-order valence-corrected chi connectivity index (χ4v) is 4.30. The SMILES string of the molecule is CC(C)CCCCCCCCCC(=O)OC[C@H](CO)OC(=O)CCC/C=C\C/C=C\C/C=C\C/C=C\CCCCCO. The molecule has 0 aliphatic heterocycles. The molecular formula is C36H62O6. The molecule has 1 atom stereocenters. The summed E-state index contributed by atoms with van der Waals surface area (Å²) < 4.78 is 10.5. The van der Waals surface area contributed by atoms with Gasteiger partial charge in [0.05, 0.1) is 6.61 Å². The van der Waals surface area contributed by atoms with E-state index < -0.39 is 6.10 Å². The summed E-state index contributed by atoms with van der Waals surface area (Å²) in [4.78, 5) is 24.0. The van der Waals surface area contributed by atoms with Gasteiger partial charge in [-0.1, -0.05) is 114 Å². The topological polar surface area (TPSA) is 93.1 Å². The first kappa shape index (κ1) is 39.8. The highest BCUT2D eigenvalue weighted by molar-refractivity contribution is 5.70. The van der Waals surface area contributed by atoms with Gasteiger partial charge in [0.2, 0.25) is 0 Å². The highest BCUT2D eigenvalue weighted by Crippen LogP contribution is 2.13. The lowest BCUT2D eigenvalue weighted by atomic mass is 10.0. The predicted molar refractivity (Wildman–Crippen MR) is 174 cm³/mol. The zero-order chi connectivity index (χ0) is 30.9. The average molecular weight is 591 g/mol. The highest BCUT2D eigenvalue weighted by Gasteiger charge is 2.15. The molecule has 0 aromatic heterocycles. The predicted octanol–water partition coefficient (Wildman–Crippen LogP) is 8.72. The molecule has 0 heterocycles. The maximum atomic E-state index is 12.1. The van der Waals surface area contributed by atoms with Crippen molar-refractivity contribution >= 4 is 11.9 Å². The first-order valence-electron chi connectivity index (χ1n) is 16.7. The largest absolute Gasteiger partial charge is 0.462 e. The molecule has 0 aromatic carbocycles. The summed E-state index contributed by atoms with van der Waals surface area (Å²) in [6.07, 6.45) is 34.8. The fourth-order valence-electron chi connectivity index (χ4n) is 4.30. The van der Waals surface area contributed by atoms with Crippen LogP contribution in [-0.2, 0) is 19.1 Å². The van der Waals surface area contributed by atoms with E-state index in [2.05, 4.69) is 62.5 Å². The van der Waals surface area contributed by atoms with Crippen LogP contribution >= 0.6 is 0 Å². The van der Waals surface area contributed by atoms with Crippen molar-refractivity contribution in [3.05, 3.63) is 48.6 Å². The van der Waals surface area contributed by atoms with Crippen molar-refractivity contribution in [2.75, 3.05) is 19.8 Å². The van der Waals surface area contributed by atoms with E-state index in [1.165, 1.54) is 32.1 Å². The lowest BCUT2D eigenvalue weighted by Gasteiger charge is -2.15. The molecule has 0 fully saturated rings. The number of carbonyl (C=O) groups is 2. The van der Waals surface area contributed by atoms with E-state index >= 15 is 0 Å². The van der Waals surface area contributed by atoms with Crippen LogP contribution in [0.4, 0.5) is 0 Å². The molecule has 0 bridgehead atoms. The van der Waals surface area contributed by atoms with Gasteiger partial charge in [0.25, 0.3) is 0 Å². The lowest BCUT2D eigenvalue weighted by Crippen LogP contribution is -2.28. The van der Waals surface area contributed by atoms with Gasteiger partial charge in [-0.3, -0.25) is 9.59 Å². The first-order valence-corrected chi connectivity index (χ1v) is 16.7. The fraction of sp³-hybridized carbons (Fsp3) is 0.722. The molecule has 0 amide bonds. The van der Waals surface area contributed by atoms with Crippen molar-refractivity contribution in [1.29, 1.82) is 0 Å². The number of rotatable bonds is 29. The van der Waals surface area contributed by atoms with E-state index in [0.29, 0.717) is 19.4 Å². The van der Waals surface area contributed by atoms with Gasteiger partial charge in [-0.25, -0.2) is 0 Å². The van der Waals surface area contributed by atoms with Crippen LogP contribution in [0, 0.1) is 5.92 Å². The summed E-state index contributed by atoms with van der Waals surface area (Å²) in [5, 5.41) is 18.2. The van der Waals surface area contributed by atoms with E-state index in [4.69, 9.17) is 14.6 Å². The Bertz CT molecular complexity index is 737. The van der Waals surface area contributed by atoms with Gasteiger partial charge in [0.1, 0.15) is 6.61 Å². The monoisotopic (exact) mass is 590 g/mol. The second-order valence-corrected chi connectivity index (χ2v) is 11.4. The van der Waals surface area contributed by atoms with Crippen molar-refractivity contribution in [3.8, 4) is 0 Å². The zero-order valence-corrected chi connectivity index (χ0v) is 26.9. The van der Waals surface area contributed by atoms with Gasteiger partial charge in [-0.15, -0.1) is 0 Å². The summed E-state index contributed by atoms with van der Waals surface area (Å²) in [6, 6.07) is 0. The van der Waals surface area contributed by atoms with Crippen LogP contribution < -0.4 is 0 Å². The molecule has 0 spiro atoms. The molecule has 42 heavy (non-hydrogen) atoms. The number of unbranched alkanes of at least 4 members (excludes halogenated alkanes) is 10. The van der Waals surface area contributed by atoms with Crippen LogP contribution in [0.2, 0.25) is 0 Å². The Labute approximate surface area is 257 Å². The number of aliphatic hydroxyl groups excluding tert-OH is 2. The van der Waals surface area contributed by atoms with Gasteiger partial charge in [-0.05, 0) is 63.7 Å². The van der Waals surface area contributed by atoms with Crippen molar-refractivity contribution < 1.29 is 29.3 Å². The molecule has 0 saturated carbocycles. The Balaban J connectivity index is 3.73. The third-order valence-corrected chi connectivity index (χ3v) is 6.86. The van der Waals surface area contributed by atoms with Crippen molar-refractivity contribution in [2.24, 2.45) is 5.92 Å². The standard InChI is InChI=1S/C36H62O6/c1-33(2)27-23-19-15-14-17-20-24-28-35(39)41-32-34(31-38)42-36(40)29-25-21-16-12-10-8-6-4-3-5-7-9-11-13-18-22-26-30-37/h3,5-6,8-9,11-12,16,33-34,37-38H,4,7,10,13-15,17-32H2,1-2H3/b5-3-,8-6-,11-9-,16-12-/t34-/m0/s1. The number of esters is 2. The maximum absolute atomic E-state index is 12.1. The lowest BCUT2D eigenvalue weighted by molar-refractivity contribution is -0.161. The van der Waals surface area contributed by atoms with Crippen LogP contribution in [0.15, 0.2) is 48.6 Å². The van der Waals surface area contributed by atoms with Crippen LogP contribution in [0.1, 0.15) is 136 Å². The molecule has 6 nitrogen and oxygen atoms in total. The number of allylic oxidation sites excluding steroid dienone is 8. The Morgan fingerprint density at radius 3 is 1.67 bits per heavy atom. The summed E-state index contributed by atoms with van der Waals surface area (Å²) in [5.74, 6) is 0.105. The van der Waals surface area contributed by atoms with E-state index in [-0.39, 0.29) is 31.6 Å². The number of carbonyl (C=O) groups excluding carboxylic acids is 2. The van der Waals surface area contributed by atoms with E-state index in [0.717, 1.165) is 76.5 Å². The molecule has 0 aliphatic rings. The smallest absolute Gasteiger partial charge is 0.306 e. The first-order chi connectivity index (χ1) is 20.5. The van der Waals surface area contributed by atoms with Gasteiger partial charge < -0.3 is 19.7 Å². The Hall–Kier alpha value is -2.18. The van der Waals surface area contributed by atoms with Crippen LogP contribution in [0.5, 0.6) is 0 Å². The van der Waals surface area contributed by atoms with E-state index in [1.54, 1.807) is 0 Å². The second-order valence-electron chi connectivity index (χ2n) is 11.4. The maximum Gasteiger partial charge on any atom is 0.306 e. The normalized spacial score (nSPS) is 12.9. The third kappa shape index (κ3) is 30.8. The number of hydrogen-bond acceptors (Lipinski definition) is 6. The van der Waals surface area contributed by atoms with Crippen molar-refractivity contribution in [1.82, 2.24) is 0 Å².